The van der Waals surface area contributed by atoms with Gasteiger partial charge in [0.2, 0.25) is 5.91 Å². The summed E-state index contributed by atoms with van der Waals surface area (Å²) in [5.74, 6) is -0.172. The third kappa shape index (κ3) is 3.78. The van der Waals surface area contributed by atoms with E-state index >= 15 is 0 Å². The number of amides is 1. The Labute approximate surface area is 135 Å². The van der Waals surface area contributed by atoms with Gasteiger partial charge in [-0.05, 0) is 42.5 Å². The molecule has 1 aliphatic rings. The van der Waals surface area contributed by atoms with Crippen LogP contribution in [-0.4, -0.2) is 22.6 Å². The lowest BCUT2D eigenvalue weighted by Gasteiger charge is -2.30. The molecule has 4 nitrogen and oxygen atoms in total. The molecule has 0 unspecified atom stereocenters. The SMILES string of the molecule is O=C(CCc1cn[nH]c1)NCC1(c2cccc(F)c2)CCCC1. The van der Waals surface area contributed by atoms with Gasteiger partial charge in [-0.1, -0.05) is 25.0 Å². The topological polar surface area (TPSA) is 57.8 Å². The highest BCUT2D eigenvalue weighted by atomic mass is 19.1. The number of nitrogens with one attached hydrogen (secondary N) is 2. The molecule has 1 aliphatic carbocycles. The molecule has 1 fully saturated rings. The summed E-state index contributed by atoms with van der Waals surface area (Å²) in [4.78, 5) is 12.1. The molecule has 0 aliphatic heterocycles. The van der Waals surface area contributed by atoms with Crippen molar-refractivity contribution in [2.75, 3.05) is 6.54 Å². The predicted molar refractivity (Wildman–Crippen MR) is 86.5 cm³/mol. The molecule has 0 atom stereocenters. The van der Waals surface area contributed by atoms with Crippen LogP contribution in [0.4, 0.5) is 4.39 Å². The van der Waals surface area contributed by atoms with Crippen molar-refractivity contribution in [2.24, 2.45) is 0 Å². The van der Waals surface area contributed by atoms with E-state index in [1.807, 2.05) is 6.07 Å². The minimum Gasteiger partial charge on any atom is -0.355 e. The van der Waals surface area contributed by atoms with Gasteiger partial charge >= 0.3 is 0 Å². The van der Waals surface area contributed by atoms with E-state index in [0.29, 0.717) is 19.4 Å². The fraction of sp³-hybridized carbons (Fsp3) is 0.444. The summed E-state index contributed by atoms with van der Waals surface area (Å²) in [5, 5.41) is 9.68. The Hall–Kier alpha value is -2.17. The Balaban J connectivity index is 1.60. The Morgan fingerprint density at radius 2 is 2.17 bits per heavy atom. The van der Waals surface area contributed by atoms with E-state index in [2.05, 4.69) is 15.5 Å². The zero-order valence-corrected chi connectivity index (χ0v) is 13.1. The van der Waals surface area contributed by atoms with Crippen molar-refractivity contribution >= 4 is 5.91 Å². The molecule has 3 rings (SSSR count). The van der Waals surface area contributed by atoms with Crippen LogP contribution in [0.1, 0.15) is 43.2 Å². The van der Waals surface area contributed by atoms with Crippen LogP contribution >= 0.6 is 0 Å². The fourth-order valence-corrected chi connectivity index (χ4v) is 3.47. The number of carbonyl (C=O) groups is 1. The first kappa shape index (κ1) is 15.7. The molecule has 5 heteroatoms. The standard InChI is InChI=1S/C18H22FN3O/c19-16-5-3-4-15(10-16)18(8-1-2-9-18)13-20-17(23)7-6-14-11-21-22-12-14/h3-5,10-12H,1-2,6-9,13H2,(H,20,23)(H,21,22). The zero-order chi connectivity index (χ0) is 16.1. The normalized spacial score (nSPS) is 16.4. The van der Waals surface area contributed by atoms with Gasteiger partial charge in [0.1, 0.15) is 5.82 Å². The minimum absolute atomic E-state index is 0.0360. The minimum atomic E-state index is -0.208. The molecule has 0 saturated heterocycles. The number of rotatable bonds is 6. The van der Waals surface area contributed by atoms with Crippen LogP contribution in [0, 0.1) is 5.82 Å². The molecule has 0 spiro atoms. The van der Waals surface area contributed by atoms with Crippen molar-refractivity contribution in [3.8, 4) is 0 Å². The molecule has 23 heavy (non-hydrogen) atoms. The molecule has 0 bridgehead atoms. The highest BCUT2D eigenvalue weighted by Crippen LogP contribution is 2.40. The molecule has 2 N–H and O–H groups in total. The first-order chi connectivity index (χ1) is 11.2. The van der Waals surface area contributed by atoms with Crippen molar-refractivity contribution in [3.63, 3.8) is 0 Å². The molecule has 1 heterocycles. The summed E-state index contributed by atoms with van der Waals surface area (Å²) < 4.78 is 13.6. The van der Waals surface area contributed by atoms with Gasteiger partial charge in [-0.15, -0.1) is 0 Å². The maximum Gasteiger partial charge on any atom is 0.220 e. The van der Waals surface area contributed by atoms with Crippen LogP contribution in [0.2, 0.25) is 0 Å². The Bertz CT molecular complexity index is 648. The quantitative estimate of drug-likeness (QED) is 0.860. The second kappa shape index (κ2) is 6.94. The second-order valence-electron chi connectivity index (χ2n) is 6.38. The first-order valence-corrected chi connectivity index (χ1v) is 8.18. The number of aryl methyl sites for hydroxylation is 1. The van der Waals surface area contributed by atoms with Gasteiger partial charge in [-0.2, -0.15) is 5.10 Å². The van der Waals surface area contributed by atoms with Gasteiger partial charge in [-0.3, -0.25) is 9.89 Å². The van der Waals surface area contributed by atoms with Gasteiger partial charge in [0, 0.05) is 24.6 Å². The maximum atomic E-state index is 13.6. The number of aromatic nitrogens is 2. The third-order valence-corrected chi connectivity index (χ3v) is 4.82. The average molecular weight is 315 g/mol. The molecule has 1 aromatic carbocycles. The van der Waals surface area contributed by atoms with E-state index < -0.39 is 0 Å². The highest BCUT2D eigenvalue weighted by Gasteiger charge is 2.36. The largest absolute Gasteiger partial charge is 0.355 e. The first-order valence-electron chi connectivity index (χ1n) is 8.18. The van der Waals surface area contributed by atoms with E-state index in [-0.39, 0.29) is 17.1 Å². The van der Waals surface area contributed by atoms with Gasteiger partial charge in [-0.25, -0.2) is 4.39 Å². The van der Waals surface area contributed by atoms with Crippen molar-refractivity contribution in [2.45, 2.75) is 43.9 Å². The summed E-state index contributed by atoms with van der Waals surface area (Å²) in [7, 11) is 0. The monoisotopic (exact) mass is 315 g/mol. The van der Waals surface area contributed by atoms with Gasteiger partial charge in [0.05, 0.1) is 6.20 Å². The average Bonchev–Trinajstić information content (AvgIpc) is 3.23. The zero-order valence-electron chi connectivity index (χ0n) is 13.1. The fourth-order valence-electron chi connectivity index (χ4n) is 3.47. The lowest BCUT2D eigenvalue weighted by Crippen LogP contribution is -2.39. The number of benzene rings is 1. The Kier molecular flexibility index (Phi) is 4.74. The van der Waals surface area contributed by atoms with Crippen molar-refractivity contribution < 1.29 is 9.18 Å². The van der Waals surface area contributed by atoms with Crippen LogP contribution in [0.15, 0.2) is 36.7 Å². The van der Waals surface area contributed by atoms with E-state index in [1.54, 1.807) is 24.5 Å². The lowest BCUT2D eigenvalue weighted by atomic mass is 9.78. The summed E-state index contributed by atoms with van der Waals surface area (Å²) in [6.45, 7) is 0.584. The second-order valence-corrected chi connectivity index (χ2v) is 6.38. The van der Waals surface area contributed by atoms with Gasteiger partial charge < -0.3 is 5.32 Å². The van der Waals surface area contributed by atoms with Crippen molar-refractivity contribution in [1.29, 1.82) is 0 Å². The molecule has 1 aromatic heterocycles. The molecule has 1 amide bonds. The molecule has 1 saturated carbocycles. The number of halogens is 1. The van der Waals surface area contributed by atoms with Gasteiger partial charge in [0.15, 0.2) is 0 Å². The Morgan fingerprint density at radius 1 is 1.35 bits per heavy atom. The van der Waals surface area contributed by atoms with Crippen LogP contribution in [0.3, 0.4) is 0 Å². The Morgan fingerprint density at radius 3 is 2.87 bits per heavy atom. The van der Waals surface area contributed by atoms with E-state index in [0.717, 1.165) is 36.8 Å². The van der Waals surface area contributed by atoms with Crippen LogP contribution in [0.25, 0.3) is 0 Å². The number of aromatic amines is 1. The summed E-state index contributed by atoms with van der Waals surface area (Å²) in [5.41, 5.74) is 1.92. The molecule has 122 valence electrons. The van der Waals surface area contributed by atoms with E-state index in [1.165, 1.54) is 6.07 Å². The number of hydrogen-bond acceptors (Lipinski definition) is 2. The van der Waals surface area contributed by atoms with Crippen molar-refractivity contribution in [1.82, 2.24) is 15.5 Å². The lowest BCUT2D eigenvalue weighted by molar-refractivity contribution is -0.121. The maximum absolute atomic E-state index is 13.6. The summed E-state index contributed by atoms with van der Waals surface area (Å²) >= 11 is 0. The molecule has 0 radical (unpaired) electrons. The summed E-state index contributed by atoms with van der Waals surface area (Å²) in [6, 6.07) is 6.82. The number of carbonyl (C=O) groups excluding carboxylic acids is 1. The van der Waals surface area contributed by atoms with Gasteiger partial charge in [0.25, 0.3) is 0 Å². The number of nitrogens with zero attached hydrogens (tertiary/aromatic N) is 1. The smallest absolute Gasteiger partial charge is 0.220 e. The van der Waals surface area contributed by atoms with Crippen molar-refractivity contribution in [3.05, 3.63) is 53.6 Å². The van der Waals surface area contributed by atoms with E-state index in [4.69, 9.17) is 0 Å². The third-order valence-electron chi connectivity index (χ3n) is 4.82. The predicted octanol–water partition coefficient (Wildman–Crippen LogP) is 3.11. The molecular formula is C18H22FN3O. The van der Waals surface area contributed by atoms with Crippen LogP contribution in [-0.2, 0) is 16.6 Å². The van der Waals surface area contributed by atoms with Crippen LogP contribution < -0.4 is 5.32 Å². The van der Waals surface area contributed by atoms with Crippen LogP contribution in [0.5, 0.6) is 0 Å². The summed E-state index contributed by atoms with van der Waals surface area (Å²) in [6.07, 6.45) is 8.91. The molecule has 2 aromatic rings. The number of H-pyrrole nitrogens is 1. The highest BCUT2D eigenvalue weighted by molar-refractivity contribution is 5.76. The molecular weight excluding hydrogens is 293 g/mol. The number of hydrogen-bond donors (Lipinski definition) is 2. The van der Waals surface area contributed by atoms with E-state index in [9.17, 15) is 9.18 Å².